The molecule has 0 radical (unpaired) electrons. The second kappa shape index (κ2) is 7.78. The number of anilines is 2. The van der Waals surface area contributed by atoms with Crippen LogP contribution < -0.4 is 10.6 Å². The van der Waals surface area contributed by atoms with Crippen LogP contribution in [0.4, 0.5) is 17.3 Å². The maximum Gasteiger partial charge on any atom is 0.276 e. The minimum Gasteiger partial charge on any atom is -0.370 e. The van der Waals surface area contributed by atoms with Gasteiger partial charge in [0.1, 0.15) is 11.6 Å². The van der Waals surface area contributed by atoms with Crippen LogP contribution in [-0.4, -0.2) is 38.7 Å². The van der Waals surface area contributed by atoms with E-state index in [0.717, 1.165) is 0 Å². The first-order chi connectivity index (χ1) is 9.43. The number of rotatable bonds is 8. The van der Waals surface area contributed by atoms with Crippen molar-refractivity contribution in [2.24, 2.45) is 0 Å². The molecule has 1 heterocycles. The number of aromatic nitrogens is 1. The maximum absolute atomic E-state index is 11.2. The van der Waals surface area contributed by atoms with Crippen molar-refractivity contribution >= 4 is 28.1 Å². The van der Waals surface area contributed by atoms with E-state index in [9.17, 15) is 14.3 Å². The van der Waals surface area contributed by atoms with E-state index in [1.54, 1.807) is 6.26 Å². The van der Waals surface area contributed by atoms with Crippen LogP contribution in [0.25, 0.3) is 0 Å². The molecule has 0 bridgehead atoms. The summed E-state index contributed by atoms with van der Waals surface area (Å²) in [6.07, 6.45) is 2.38. The lowest BCUT2D eigenvalue weighted by atomic mass is 10.3. The van der Waals surface area contributed by atoms with E-state index in [-0.39, 0.29) is 10.9 Å². The normalized spacial score (nSPS) is 13.6. The Balaban J connectivity index is 2.73. The molecule has 7 nitrogen and oxygen atoms in total. The number of pyridine rings is 1. The molecule has 20 heavy (non-hydrogen) atoms. The summed E-state index contributed by atoms with van der Waals surface area (Å²) in [5.74, 6) is 0.917. The maximum atomic E-state index is 11.2. The highest BCUT2D eigenvalue weighted by Gasteiger charge is 2.11. The molecule has 0 spiro atoms. The molecule has 2 N–H and O–H groups in total. The molecule has 8 heteroatoms. The van der Waals surface area contributed by atoms with Gasteiger partial charge in [0, 0.05) is 35.4 Å². The van der Waals surface area contributed by atoms with Crippen molar-refractivity contribution in [3.63, 3.8) is 0 Å². The van der Waals surface area contributed by atoms with Crippen LogP contribution in [0.2, 0.25) is 0 Å². The number of hydrogen-bond acceptors (Lipinski definition) is 6. The quantitative estimate of drug-likeness (QED) is 0.563. The third-order valence-electron chi connectivity index (χ3n) is 2.80. The molecule has 0 aliphatic rings. The van der Waals surface area contributed by atoms with Crippen LogP contribution >= 0.6 is 0 Å². The molecule has 0 aliphatic carbocycles. The van der Waals surface area contributed by atoms with Gasteiger partial charge in [-0.15, -0.1) is 0 Å². The SMILES string of the molecule is CCNc1cc([N+](=O)[O-])cc(NCCC(C)S(C)=O)n1. The molecule has 0 fully saturated rings. The van der Waals surface area contributed by atoms with Gasteiger partial charge < -0.3 is 10.6 Å². The van der Waals surface area contributed by atoms with Crippen molar-refractivity contribution in [2.45, 2.75) is 25.5 Å². The van der Waals surface area contributed by atoms with Gasteiger partial charge in [0.15, 0.2) is 0 Å². The van der Waals surface area contributed by atoms with E-state index in [1.807, 2.05) is 13.8 Å². The summed E-state index contributed by atoms with van der Waals surface area (Å²) in [7, 11) is -0.868. The number of nitrogens with zero attached hydrogens (tertiary/aromatic N) is 2. The van der Waals surface area contributed by atoms with Gasteiger partial charge in [-0.3, -0.25) is 14.3 Å². The van der Waals surface area contributed by atoms with Gasteiger partial charge in [0.05, 0.1) is 17.1 Å². The molecule has 1 rings (SSSR count). The second-order valence-electron chi connectivity index (χ2n) is 4.41. The fourth-order valence-electron chi connectivity index (χ4n) is 1.55. The lowest BCUT2D eigenvalue weighted by Gasteiger charge is -2.11. The third kappa shape index (κ3) is 5.12. The van der Waals surface area contributed by atoms with E-state index in [1.165, 1.54) is 12.1 Å². The van der Waals surface area contributed by atoms with Crippen LogP contribution in [0.1, 0.15) is 20.3 Å². The van der Waals surface area contributed by atoms with Crippen LogP contribution in [0.15, 0.2) is 12.1 Å². The molecular formula is C12H20N4O3S. The molecule has 0 saturated carbocycles. The zero-order valence-corrected chi connectivity index (χ0v) is 12.7. The van der Waals surface area contributed by atoms with Gasteiger partial charge in [-0.05, 0) is 13.3 Å². The van der Waals surface area contributed by atoms with Crippen molar-refractivity contribution in [1.29, 1.82) is 0 Å². The fourth-order valence-corrected chi connectivity index (χ4v) is 2.00. The predicted molar refractivity (Wildman–Crippen MR) is 81.7 cm³/mol. The number of hydrogen-bond donors (Lipinski definition) is 2. The van der Waals surface area contributed by atoms with Gasteiger partial charge in [-0.1, -0.05) is 6.92 Å². The Morgan fingerprint density at radius 1 is 1.40 bits per heavy atom. The minimum absolute atomic E-state index is 0.00873. The Morgan fingerprint density at radius 2 is 2.00 bits per heavy atom. The standard InChI is InChI=1S/C12H20N4O3S/c1-4-13-11-7-10(16(17)18)8-12(15-11)14-6-5-9(2)20(3)19/h7-9H,4-6H2,1-3H3,(H2,13,14,15). The monoisotopic (exact) mass is 300 g/mol. The van der Waals surface area contributed by atoms with E-state index >= 15 is 0 Å². The zero-order valence-electron chi connectivity index (χ0n) is 11.9. The lowest BCUT2D eigenvalue weighted by molar-refractivity contribution is -0.384. The highest BCUT2D eigenvalue weighted by molar-refractivity contribution is 7.84. The van der Waals surface area contributed by atoms with Crippen LogP contribution in [0.3, 0.4) is 0 Å². The van der Waals surface area contributed by atoms with Crippen LogP contribution in [-0.2, 0) is 10.8 Å². The van der Waals surface area contributed by atoms with E-state index in [2.05, 4.69) is 15.6 Å². The van der Waals surface area contributed by atoms with Gasteiger partial charge in [-0.2, -0.15) is 0 Å². The van der Waals surface area contributed by atoms with E-state index in [4.69, 9.17) is 0 Å². The van der Waals surface area contributed by atoms with Crippen molar-refractivity contribution in [3.05, 3.63) is 22.2 Å². The average Bonchev–Trinajstić information content (AvgIpc) is 2.38. The summed E-state index contributed by atoms with van der Waals surface area (Å²) in [5.41, 5.74) is -0.00873. The first-order valence-corrected chi connectivity index (χ1v) is 8.02. The second-order valence-corrected chi connectivity index (χ2v) is 6.21. The van der Waals surface area contributed by atoms with Crippen molar-refractivity contribution in [1.82, 2.24) is 4.98 Å². The average molecular weight is 300 g/mol. The van der Waals surface area contributed by atoms with Gasteiger partial charge in [0.2, 0.25) is 0 Å². The first-order valence-electron chi connectivity index (χ1n) is 6.40. The van der Waals surface area contributed by atoms with E-state index < -0.39 is 15.7 Å². The third-order valence-corrected chi connectivity index (χ3v) is 4.17. The molecule has 0 aromatic carbocycles. The predicted octanol–water partition coefficient (Wildman–Crippen LogP) is 1.99. The lowest BCUT2D eigenvalue weighted by Crippen LogP contribution is -2.15. The number of nitrogens with one attached hydrogen (secondary N) is 2. The summed E-state index contributed by atoms with van der Waals surface area (Å²) in [6, 6.07) is 2.80. The molecule has 0 saturated heterocycles. The van der Waals surface area contributed by atoms with Crippen LogP contribution in [0, 0.1) is 10.1 Å². The summed E-state index contributed by atoms with van der Waals surface area (Å²) in [6.45, 7) is 5.01. The zero-order chi connectivity index (χ0) is 15.1. The molecule has 0 amide bonds. The topological polar surface area (TPSA) is 97.2 Å². The highest BCUT2D eigenvalue weighted by Crippen LogP contribution is 2.20. The summed E-state index contributed by atoms with van der Waals surface area (Å²) in [4.78, 5) is 14.7. The molecular weight excluding hydrogens is 280 g/mol. The Hall–Kier alpha value is -1.70. The van der Waals surface area contributed by atoms with Gasteiger partial charge >= 0.3 is 0 Å². The smallest absolute Gasteiger partial charge is 0.276 e. The largest absolute Gasteiger partial charge is 0.370 e. The fraction of sp³-hybridized carbons (Fsp3) is 0.583. The highest BCUT2D eigenvalue weighted by atomic mass is 32.2. The Morgan fingerprint density at radius 3 is 2.50 bits per heavy atom. The van der Waals surface area contributed by atoms with Gasteiger partial charge in [-0.25, -0.2) is 4.98 Å². The summed E-state index contributed by atoms with van der Waals surface area (Å²) < 4.78 is 11.2. The summed E-state index contributed by atoms with van der Waals surface area (Å²) >= 11 is 0. The minimum atomic E-state index is -0.868. The molecule has 2 unspecified atom stereocenters. The molecule has 1 aromatic heterocycles. The molecule has 2 atom stereocenters. The number of nitro groups is 1. The van der Waals surface area contributed by atoms with Crippen molar-refractivity contribution < 1.29 is 9.13 Å². The van der Waals surface area contributed by atoms with E-state index in [0.29, 0.717) is 31.1 Å². The molecule has 112 valence electrons. The van der Waals surface area contributed by atoms with Gasteiger partial charge in [0.25, 0.3) is 5.69 Å². The molecule has 1 aromatic rings. The first kappa shape index (κ1) is 16.4. The Bertz CT molecular complexity index is 496. The van der Waals surface area contributed by atoms with Crippen molar-refractivity contribution in [3.8, 4) is 0 Å². The Labute approximate surface area is 120 Å². The Kier molecular flexibility index (Phi) is 6.37. The van der Waals surface area contributed by atoms with Crippen LogP contribution in [0.5, 0.6) is 0 Å². The van der Waals surface area contributed by atoms with Crippen molar-refractivity contribution in [2.75, 3.05) is 30.0 Å². The molecule has 0 aliphatic heterocycles. The summed E-state index contributed by atoms with van der Waals surface area (Å²) in [5, 5.41) is 16.9.